The molecule has 0 fully saturated rings. The second kappa shape index (κ2) is 9.52. The SMILES string of the molecule is COc1ccc(N)c(SCC(=O)NCCCOC(C)C)c1. The lowest BCUT2D eigenvalue weighted by Gasteiger charge is -2.09. The minimum atomic E-state index is -0.00762. The fourth-order valence-corrected chi connectivity index (χ4v) is 2.40. The summed E-state index contributed by atoms with van der Waals surface area (Å²) in [6.07, 6.45) is 1.04. The van der Waals surface area contributed by atoms with E-state index in [2.05, 4.69) is 5.32 Å². The van der Waals surface area contributed by atoms with Crippen LogP contribution in [-0.4, -0.2) is 38.0 Å². The molecule has 0 heterocycles. The number of nitrogen functional groups attached to an aromatic ring is 1. The molecule has 1 aromatic rings. The zero-order valence-corrected chi connectivity index (χ0v) is 13.7. The number of nitrogens with one attached hydrogen (secondary N) is 1. The average molecular weight is 312 g/mol. The summed E-state index contributed by atoms with van der Waals surface area (Å²) in [5, 5.41) is 2.86. The molecule has 0 saturated carbocycles. The van der Waals surface area contributed by atoms with Gasteiger partial charge < -0.3 is 20.5 Å². The van der Waals surface area contributed by atoms with E-state index in [0.717, 1.165) is 17.1 Å². The Hall–Kier alpha value is -1.40. The first-order chi connectivity index (χ1) is 10.0. The van der Waals surface area contributed by atoms with Crippen molar-refractivity contribution in [3.05, 3.63) is 18.2 Å². The molecule has 0 radical (unpaired) electrons. The van der Waals surface area contributed by atoms with Gasteiger partial charge in [-0.25, -0.2) is 0 Å². The van der Waals surface area contributed by atoms with Gasteiger partial charge in [-0.15, -0.1) is 11.8 Å². The molecule has 21 heavy (non-hydrogen) atoms. The minimum Gasteiger partial charge on any atom is -0.497 e. The van der Waals surface area contributed by atoms with Gasteiger partial charge in [0.05, 0.1) is 19.0 Å². The number of rotatable bonds is 9. The molecular formula is C15H24N2O3S. The highest BCUT2D eigenvalue weighted by atomic mass is 32.2. The Kier molecular flexibility index (Phi) is 8.00. The third-order valence-electron chi connectivity index (χ3n) is 2.67. The number of benzene rings is 1. The van der Waals surface area contributed by atoms with Crippen LogP contribution in [-0.2, 0) is 9.53 Å². The van der Waals surface area contributed by atoms with E-state index in [9.17, 15) is 4.79 Å². The van der Waals surface area contributed by atoms with Crippen LogP contribution in [0, 0.1) is 0 Å². The first-order valence-corrected chi connectivity index (χ1v) is 7.96. The fraction of sp³-hybridized carbons (Fsp3) is 0.533. The van der Waals surface area contributed by atoms with Gasteiger partial charge in [-0.3, -0.25) is 4.79 Å². The maximum absolute atomic E-state index is 11.7. The lowest BCUT2D eigenvalue weighted by Crippen LogP contribution is -2.27. The Morgan fingerprint density at radius 3 is 2.86 bits per heavy atom. The van der Waals surface area contributed by atoms with Gasteiger partial charge in [0, 0.05) is 23.7 Å². The summed E-state index contributed by atoms with van der Waals surface area (Å²) in [7, 11) is 1.60. The molecular weight excluding hydrogens is 288 g/mol. The van der Waals surface area contributed by atoms with Crippen LogP contribution in [0.25, 0.3) is 0 Å². The van der Waals surface area contributed by atoms with Crippen molar-refractivity contribution in [2.75, 3.05) is 31.7 Å². The third kappa shape index (κ3) is 7.24. The van der Waals surface area contributed by atoms with Gasteiger partial charge in [-0.05, 0) is 38.5 Å². The quantitative estimate of drug-likeness (QED) is 0.416. The van der Waals surface area contributed by atoms with Crippen LogP contribution in [0.2, 0.25) is 0 Å². The normalized spacial score (nSPS) is 10.7. The molecule has 3 N–H and O–H groups in total. The molecule has 5 nitrogen and oxygen atoms in total. The highest BCUT2D eigenvalue weighted by molar-refractivity contribution is 8.00. The largest absolute Gasteiger partial charge is 0.497 e. The van der Waals surface area contributed by atoms with Crippen LogP contribution in [0.3, 0.4) is 0 Å². The number of anilines is 1. The molecule has 0 atom stereocenters. The molecule has 0 aliphatic heterocycles. The van der Waals surface area contributed by atoms with E-state index in [4.69, 9.17) is 15.2 Å². The maximum Gasteiger partial charge on any atom is 0.230 e. The van der Waals surface area contributed by atoms with Crippen molar-refractivity contribution < 1.29 is 14.3 Å². The molecule has 1 aromatic carbocycles. The lowest BCUT2D eigenvalue weighted by molar-refractivity contribution is -0.118. The van der Waals surface area contributed by atoms with E-state index in [0.29, 0.717) is 24.6 Å². The molecule has 6 heteroatoms. The van der Waals surface area contributed by atoms with Crippen molar-refractivity contribution in [2.45, 2.75) is 31.3 Å². The minimum absolute atomic E-state index is 0.00762. The van der Waals surface area contributed by atoms with Crippen LogP contribution in [0.1, 0.15) is 20.3 Å². The second-order valence-corrected chi connectivity index (χ2v) is 5.83. The molecule has 0 saturated heterocycles. The summed E-state index contributed by atoms with van der Waals surface area (Å²) in [5.41, 5.74) is 6.53. The van der Waals surface area contributed by atoms with Gasteiger partial charge in [-0.2, -0.15) is 0 Å². The molecule has 0 unspecified atom stereocenters. The Morgan fingerprint density at radius 2 is 2.19 bits per heavy atom. The average Bonchev–Trinajstić information content (AvgIpc) is 2.45. The third-order valence-corrected chi connectivity index (χ3v) is 3.75. The van der Waals surface area contributed by atoms with E-state index in [1.165, 1.54) is 11.8 Å². The van der Waals surface area contributed by atoms with Crippen molar-refractivity contribution in [3.63, 3.8) is 0 Å². The maximum atomic E-state index is 11.7. The fourth-order valence-electron chi connectivity index (χ4n) is 1.58. The predicted octanol–water partition coefficient (Wildman–Crippen LogP) is 2.30. The first-order valence-electron chi connectivity index (χ1n) is 6.97. The van der Waals surface area contributed by atoms with Crippen LogP contribution >= 0.6 is 11.8 Å². The highest BCUT2D eigenvalue weighted by Crippen LogP contribution is 2.28. The number of carbonyl (C=O) groups excluding carboxylic acids is 1. The Balaban J connectivity index is 2.26. The van der Waals surface area contributed by atoms with E-state index in [1.807, 2.05) is 19.9 Å². The number of methoxy groups -OCH3 is 1. The Bertz CT molecular complexity index is 453. The van der Waals surface area contributed by atoms with Gasteiger partial charge in [-0.1, -0.05) is 0 Å². The molecule has 1 amide bonds. The van der Waals surface area contributed by atoms with Crippen molar-refractivity contribution in [1.29, 1.82) is 0 Å². The van der Waals surface area contributed by atoms with E-state index in [-0.39, 0.29) is 12.0 Å². The lowest BCUT2D eigenvalue weighted by atomic mass is 10.3. The number of nitrogens with two attached hydrogens (primary N) is 1. The van der Waals surface area contributed by atoms with Crippen molar-refractivity contribution in [3.8, 4) is 5.75 Å². The zero-order valence-electron chi connectivity index (χ0n) is 12.8. The van der Waals surface area contributed by atoms with Crippen molar-refractivity contribution >= 4 is 23.4 Å². The highest BCUT2D eigenvalue weighted by Gasteiger charge is 2.06. The van der Waals surface area contributed by atoms with E-state index < -0.39 is 0 Å². The van der Waals surface area contributed by atoms with Crippen LogP contribution in [0.15, 0.2) is 23.1 Å². The van der Waals surface area contributed by atoms with Crippen molar-refractivity contribution in [1.82, 2.24) is 5.32 Å². The Morgan fingerprint density at radius 1 is 1.43 bits per heavy atom. The number of hydrogen-bond acceptors (Lipinski definition) is 5. The molecule has 0 bridgehead atoms. The molecule has 118 valence electrons. The van der Waals surface area contributed by atoms with Gasteiger partial charge in [0.1, 0.15) is 5.75 Å². The van der Waals surface area contributed by atoms with Crippen LogP contribution in [0.5, 0.6) is 5.75 Å². The smallest absolute Gasteiger partial charge is 0.230 e. The number of hydrogen-bond donors (Lipinski definition) is 2. The summed E-state index contributed by atoms with van der Waals surface area (Å²) < 4.78 is 10.6. The number of thioether (sulfide) groups is 1. The predicted molar refractivity (Wildman–Crippen MR) is 86.8 cm³/mol. The summed E-state index contributed by atoms with van der Waals surface area (Å²) in [6, 6.07) is 5.42. The van der Waals surface area contributed by atoms with Crippen molar-refractivity contribution in [2.24, 2.45) is 0 Å². The topological polar surface area (TPSA) is 73.6 Å². The molecule has 0 aromatic heterocycles. The van der Waals surface area contributed by atoms with Crippen LogP contribution < -0.4 is 15.8 Å². The first kappa shape index (κ1) is 17.7. The molecule has 0 aliphatic carbocycles. The van der Waals surface area contributed by atoms with Gasteiger partial charge in [0.2, 0.25) is 5.91 Å². The van der Waals surface area contributed by atoms with E-state index >= 15 is 0 Å². The van der Waals surface area contributed by atoms with Gasteiger partial charge >= 0.3 is 0 Å². The second-order valence-electron chi connectivity index (χ2n) is 4.82. The molecule has 1 rings (SSSR count). The van der Waals surface area contributed by atoms with Gasteiger partial charge in [0.15, 0.2) is 0 Å². The summed E-state index contributed by atoms with van der Waals surface area (Å²) in [4.78, 5) is 12.6. The number of amides is 1. The number of carbonyl (C=O) groups is 1. The standard InChI is InChI=1S/C15H24N2O3S/c1-11(2)20-8-4-7-17-15(18)10-21-14-9-12(19-3)5-6-13(14)16/h5-6,9,11H,4,7-8,10,16H2,1-3H3,(H,17,18). The zero-order chi connectivity index (χ0) is 15.7. The number of ether oxygens (including phenoxy) is 2. The molecule has 0 aliphatic rings. The van der Waals surface area contributed by atoms with E-state index in [1.54, 1.807) is 19.2 Å². The monoisotopic (exact) mass is 312 g/mol. The molecule has 0 spiro atoms. The summed E-state index contributed by atoms with van der Waals surface area (Å²) in [6.45, 7) is 5.27. The van der Waals surface area contributed by atoms with Crippen LogP contribution in [0.4, 0.5) is 5.69 Å². The Labute approximate surface area is 130 Å². The van der Waals surface area contributed by atoms with Gasteiger partial charge in [0.25, 0.3) is 0 Å². The summed E-state index contributed by atoms with van der Waals surface area (Å²) in [5.74, 6) is 1.06. The summed E-state index contributed by atoms with van der Waals surface area (Å²) >= 11 is 1.41.